The molecular formula is C17H27ClN2O3. The standard InChI is InChI=1S/C17H26N2O3.ClH/c1-13(2)22-15-6-4-3-5-14(15)11-19-16(20)17(12-18)7-9-21-10-8-17;/h3-6,13H,7-12,18H2,1-2H3,(H,19,20);1H. The molecule has 0 aliphatic carbocycles. The van der Waals surface area contributed by atoms with Crippen molar-refractivity contribution in [3.05, 3.63) is 29.8 Å². The van der Waals surface area contributed by atoms with E-state index in [9.17, 15) is 4.79 Å². The van der Waals surface area contributed by atoms with Gasteiger partial charge in [-0.3, -0.25) is 4.79 Å². The molecule has 0 aromatic heterocycles. The number of para-hydroxylation sites is 1. The van der Waals surface area contributed by atoms with Crippen molar-refractivity contribution < 1.29 is 14.3 Å². The zero-order valence-electron chi connectivity index (χ0n) is 13.8. The molecule has 0 bridgehead atoms. The first-order valence-corrected chi connectivity index (χ1v) is 7.88. The molecule has 0 atom stereocenters. The highest BCUT2D eigenvalue weighted by molar-refractivity contribution is 5.85. The molecule has 1 aromatic rings. The molecule has 1 aromatic carbocycles. The lowest BCUT2D eigenvalue weighted by Gasteiger charge is -2.34. The minimum absolute atomic E-state index is 0. The molecule has 0 saturated carbocycles. The maximum Gasteiger partial charge on any atom is 0.227 e. The van der Waals surface area contributed by atoms with Crippen LogP contribution in [0.1, 0.15) is 32.3 Å². The fraction of sp³-hybridized carbons (Fsp3) is 0.588. The number of benzene rings is 1. The average Bonchev–Trinajstić information content (AvgIpc) is 2.54. The molecule has 1 aliphatic rings. The SMILES string of the molecule is CC(C)Oc1ccccc1CNC(=O)C1(CN)CCOCC1.Cl. The Hall–Kier alpha value is -1.30. The molecule has 1 fully saturated rings. The van der Waals surface area contributed by atoms with Crippen molar-refractivity contribution in [1.82, 2.24) is 5.32 Å². The Morgan fingerprint density at radius 1 is 1.35 bits per heavy atom. The number of halogens is 1. The van der Waals surface area contributed by atoms with Gasteiger partial charge in [0.15, 0.2) is 0 Å². The van der Waals surface area contributed by atoms with Crippen molar-refractivity contribution in [2.24, 2.45) is 11.1 Å². The number of carbonyl (C=O) groups is 1. The summed E-state index contributed by atoms with van der Waals surface area (Å²) >= 11 is 0. The lowest BCUT2D eigenvalue weighted by atomic mass is 9.79. The number of nitrogens with two attached hydrogens (primary N) is 1. The molecule has 6 heteroatoms. The highest BCUT2D eigenvalue weighted by Crippen LogP contribution is 2.30. The molecule has 0 unspecified atom stereocenters. The molecule has 23 heavy (non-hydrogen) atoms. The average molecular weight is 343 g/mol. The van der Waals surface area contributed by atoms with E-state index in [1.807, 2.05) is 38.1 Å². The van der Waals surface area contributed by atoms with Crippen LogP contribution in [-0.2, 0) is 16.1 Å². The van der Waals surface area contributed by atoms with E-state index in [0.717, 1.165) is 11.3 Å². The van der Waals surface area contributed by atoms with Crippen LogP contribution in [0.2, 0.25) is 0 Å². The van der Waals surface area contributed by atoms with Crippen molar-refractivity contribution >= 4 is 18.3 Å². The van der Waals surface area contributed by atoms with E-state index < -0.39 is 5.41 Å². The fourth-order valence-corrected chi connectivity index (χ4v) is 2.67. The molecule has 1 aliphatic heterocycles. The summed E-state index contributed by atoms with van der Waals surface area (Å²) in [6.45, 7) is 5.97. The number of carbonyl (C=O) groups excluding carboxylic acids is 1. The van der Waals surface area contributed by atoms with Gasteiger partial charge in [0, 0.05) is 31.9 Å². The topological polar surface area (TPSA) is 73.6 Å². The highest BCUT2D eigenvalue weighted by atomic mass is 35.5. The van der Waals surface area contributed by atoms with Gasteiger partial charge in [0.1, 0.15) is 5.75 Å². The first-order valence-electron chi connectivity index (χ1n) is 7.88. The van der Waals surface area contributed by atoms with E-state index in [1.165, 1.54) is 0 Å². The number of hydrogen-bond acceptors (Lipinski definition) is 4. The summed E-state index contributed by atoms with van der Waals surface area (Å²) in [7, 11) is 0. The molecular weight excluding hydrogens is 316 g/mol. The summed E-state index contributed by atoms with van der Waals surface area (Å²) in [5.74, 6) is 0.823. The Morgan fingerprint density at radius 2 is 2.00 bits per heavy atom. The second-order valence-electron chi connectivity index (χ2n) is 6.05. The summed E-state index contributed by atoms with van der Waals surface area (Å²) in [6, 6.07) is 7.77. The fourth-order valence-electron chi connectivity index (χ4n) is 2.67. The van der Waals surface area contributed by atoms with Crippen LogP contribution >= 0.6 is 12.4 Å². The molecule has 1 amide bonds. The lowest BCUT2D eigenvalue weighted by Crippen LogP contribution is -2.49. The Balaban J connectivity index is 0.00000264. The normalized spacial score (nSPS) is 16.5. The van der Waals surface area contributed by atoms with Crippen LogP contribution in [0.3, 0.4) is 0 Å². The monoisotopic (exact) mass is 342 g/mol. The van der Waals surface area contributed by atoms with E-state index in [2.05, 4.69) is 5.32 Å². The summed E-state index contributed by atoms with van der Waals surface area (Å²) in [5, 5.41) is 3.02. The van der Waals surface area contributed by atoms with Gasteiger partial charge in [-0.2, -0.15) is 0 Å². The zero-order valence-corrected chi connectivity index (χ0v) is 14.7. The number of amides is 1. The van der Waals surface area contributed by atoms with E-state index in [4.69, 9.17) is 15.2 Å². The Morgan fingerprint density at radius 3 is 2.61 bits per heavy atom. The van der Waals surface area contributed by atoms with E-state index >= 15 is 0 Å². The van der Waals surface area contributed by atoms with Crippen LogP contribution in [0.4, 0.5) is 0 Å². The quantitative estimate of drug-likeness (QED) is 0.831. The Labute approximate surface area is 144 Å². The lowest BCUT2D eigenvalue weighted by molar-refractivity contribution is -0.136. The van der Waals surface area contributed by atoms with Crippen LogP contribution < -0.4 is 15.8 Å². The van der Waals surface area contributed by atoms with Crippen LogP contribution in [0.25, 0.3) is 0 Å². The third-order valence-electron chi connectivity index (χ3n) is 4.10. The van der Waals surface area contributed by atoms with E-state index in [1.54, 1.807) is 0 Å². The molecule has 0 radical (unpaired) electrons. The number of hydrogen-bond donors (Lipinski definition) is 2. The Bertz CT molecular complexity index is 502. The van der Waals surface area contributed by atoms with Crippen molar-refractivity contribution in [3.8, 4) is 5.75 Å². The van der Waals surface area contributed by atoms with Gasteiger partial charge in [0.25, 0.3) is 0 Å². The van der Waals surface area contributed by atoms with Gasteiger partial charge in [-0.1, -0.05) is 18.2 Å². The molecule has 0 spiro atoms. The van der Waals surface area contributed by atoms with Crippen LogP contribution in [0, 0.1) is 5.41 Å². The van der Waals surface area contributed by atoms with Gasteiger partial charge in [-0.15, -0.1) is 12.4 Å². The molecule has 130 valence electrons. The first-order chi connectivity index (χ1) is 10.6. The smallest absolute Gasteiger partial charge is 0.227 e. The van der Waals surface area contributed by atoms with Gasteiger partial charge in [-0.05, 0) is 32.8 Å². The van der Waals surface area contributed by atoms with Crippen molar-refractivity contribution in [2.45, 2.75) is 39.3 Å². The van der Waals surface area contributed by atoms with Crippen molar-refractivity contribution in [3.63, 3.8) is 0 Å². The highest BCUT2D eigenvalue weighted by Gasteiger charge is 2.38. The molecule has 1 heterocycles. The predicted molar refractivity (Wildman–Crippen MR) is 92.8 cm³/mol. The summed E-state index contributed by atoms with van der Waals surface area (Å²) < 4.78 is 11.1. The molecule has 3 N–H and O–H groups in total. The van der Waals surface area contributed by atoms with E-state index in [0.29, 0.717) is 39.1 Å². The van der Waals surface area contributed by atoms with Gasteiger partial charge >= 0.3 is 0 Å². The second-order valence-corrected chi connectivity index (χ2v) is 6.05. The maximum absolute atomic E-state index is 12.6. The van der Waals surface area contributed by atoms with E-state index in [-0.39, 0.29) is 24.4 Å². The maximum atomic E-state index is 12.6. The first kappa shape index (κ1) is 19.7. The Kier molecular flexibility index (Phi) is 7.82. The van der Waals surface area contributed by atoms with Crippen LogP contribution in [-0.4, -0.2) is 31.8 Å². The molecule has 2 rings (SSSR count). The summed E-state index contributed by atoms with van der Waals surface area (Å²) in [6.07, 6.45) is 1.46. The summed E-state index contributed by atoms with van der Waals surface area (Å²) in [5.41, 5.74) is 6.34. The van der Waals surface area contributed by atoms with Crippen molar-refractivity contribution in [2.75, 3.05) is 19.8 Å². The minimum Gasteiger partial charge on any atom is -0.491 e. The largest absolute Gasteiger partial charge is 0.491 e. The molecule has 5 nitrogen and oxygen atoms in total. The number of ether oxygens (including phenoxy) is 2. The summed E-state index contributed by atoms with van der Waals surface area (Å²) in [4.78, 5) is 12.6. The van der Waals surface area contributed by atoms with Crippen molar-refractivity contribution in [1.29, 1.82) is 0 Å². The number of nitrogens with one attached hydrogen (secondary N) is 1. The van der Waals surface area contributed by atoms with Crippen LogP contribution in [0.5, 0.6) is 5.75 Å². The third kappa shape index (κ3) is 5.09. The van der Waals surface area contributed by atoms with Crippen LogP contribution in [0.15, 0.2) is 24.3 Å². The van der Waals surface area contributed by atoms with Gasteiger partial charge in [0.2, 0.25) is 5.91 Å². The predicted octanol–water partition coefficient (Wildman–Crippen LogP) is 2.27. The minimum atomic E-state index is -0.494. The van der Waals surface area contributed by atoms with Gasteiger partial charge < -0.3 is 20.5 Å². The third-order valence-corrected chi connectivity index (χ3v) is 4.10. The second kappa shape index (κ2) is 9.11. The van der Waals surface area contributed by atoms with Gasteiger partial charge in [-0.25, -0.2) is 0 Å². The zero-order chi connectivity index (χ0) is 16.0. The number of rotatable bonds is 6. The van der Waals surface area contributed by atoms with Gasteiger partial charge in [0.05, 0.1) is 11.5 Å². The molecule has 1 saturated heterocycles.